The predicted octanol–water partition coefficient (Wildman–Crippen LogP) is 2.99. The SMILES string of the molecule is CC(C)C(=O)OCc1ccc(NC(=O)[C@H](CCCNC(N)=O)NC(=O)C(NC(=O)CCCCCN2C(=O)CC(C(C)C)C2=O)C(C)C)cc1. The van der Waals surface area contributed by atoms with Crippen molar-refractivity contribution < 1.29 is 38.3 Å². The fourth-order valence-electron chi connectivity index (χ4n) is 5.26. The van der Waals surface area contributed by atoms with Gasteiger partial charge in [0.1, 0.15) is 18.7 Å². The summed E-state index contributed by atoms with van der Waals surface area (Å²) in [7, 11) is 0. The van der Waals surface area contributed by atoms with Crippen LogP contribution in [0.3, 0.4) is 0 Å². The largest absolute Gasteiger partial charge is 0.461 e. The molecule has 0 aliphatic carbocycles. The number of nitrogens with two attached hydrogens (primary N) is 1. The number of nitrogens with zero attached hydrogens (tertiary/aromatic N) is 1. The van der Waals surface area contributed by atoms with E-state index in [2.05, 4.69) is 21.3 Å². The molecule has 1 aromatic rings. The van der Waals surface area contributed by atoms with Crippen LogP contribution in [-0.4, -0.2) is 71.6 Å². The highest BCUT2D eigenvalue weighted by Gasteiger charge is 2.39. The molecule has 2 rings (SSSR count). The molecule has 1 aliphatic heterocycles. The zero-order chi connectivity index (χ0) is 36.7. The first-order chi connectivity index (χ1) is 23.1. The van der Waals surface area contributed by atoms with E-state index in [0.717, 1.165) is 5.56 Å². The summed E-state index contributed by atoms with van der Waals surface area (Å²) in [6.45, 7) is 11.5. The van der Waals surface area contributed by atoms with E-state index in [0.29, 0.717) is 37.9 Å². The molecule has 0 aromatic heterocycles. The number of primary amides is 1. The van der Waals surface area contributed by atoms with Crippen LogP contribution in [0.5, 0.6) is 0 Å². The second-order valence-corrected chi connectivity index (χ2v) is 13.5. The third kappa shape index (κ3) is 13.9. The monoisotopic (exact) mass is 686 g/mol. The van der Waals surface area contributed by atoms with Crippen LogP contribution in [0.25, 0.3) is 0 Å². The number of anilines is 1. The molecule has 14 heteroatoms. The van der Waals surface area contributed by atoms with E-state index < -0.39 is 29.9 Å². The summed E-state index contributed by atoms with van der Waals surface area (Å²) in [5, 5.41) is 10.8. The molecule has 6 N–H and O–H groups in total. The molecule has 2 unspecified atom stereocenters. The van der Waals surface area contributed by atoms with Crippen LogP contribution in [0, 0.1) is 23.7 Å². The number of ether oxygens (including phenoxy) is 1. The number of hydrogen-bond donors (Lipinski definition) is 5. The molecule has 1 heterocycles. The molecule has 0 radical (unpaired) electrons. The van der Waals surface area contributed by atoms with Crippen LogP contribution in [0.2, 0.25) is 0 Å². The maximum Gasteiger partial charge on any atom is 0.312 e. The number of imide groups is 1. The van der Waals surface area contributed by atoms with Gasteiger partial charge in [-0.05, 0) is 55.2 Å². The van der Waals surface area contributed by atoms with E-state index in [1.54, 1.807) is 52.0 Å². The lowest BCUT2D eigenvalue weighted by Crippen LogP contribution is -2.54. The zero-order valence-corrected chi connectivity index (χ0v) is 29.6. The standard InChI is InChI=1S/C35H54N6O8/c1-21(2)26-19-29(43)41(33(26)46)18-9-7-8-12-28(42)40-30(22(3)4)32(45)39-27(11-10-17-37-35(36)48)31(44)38-25-15-13-24(14-16-25)20-49-34(47)23(5)6/h13-16,21-23,26-27,30H,7-12,17-20H2,1-6H3,(H,38,44)(H,39,45)(H,40,42)(H3,36,37,48)/t26?,27-,30?/m0/s1. The molecule has 49 heavy (non-hydrogen) atoms. The molecule has 7 amide bonds. The topological polar surface area (TPSA) is 206 Å². The van der Waals surface area contributed by atoms with Crippen LogP contribution in [0.15, 0.2) is 24.3 Å². The summed E-state index contributed by atoms with van der Waals surface area (Å²) in [5.74, 6) is -2.64. The number of urea groups is 1. The Balaban J connectivity index is 1.94. The van der Waals surface area contributed by atoms with E-state index in [-0.39, 0.29) is 79.8 Å². The van der Waals surface area contributed by atoms with E-state index in [4.69, 9.17) is 10.5 Å². The average molecular weight is 687 g/mol. The summed E-state index contributed by atoms with van der Waals surface area (Å²) >= 11 is 0. The first-order valence-electron chi connectivity index (χ1n) is 17.1. The van der Waals surface area contributed by atoms with Crippen molar-refractivity contribution in [3.63, 3.8) is 0 Å². The van der Waals surface area contributed by atoms with Crippen LogP contribution in [-0.2, 0) is 40.1 Å². The molecule has 0 bridgehead atoms. The number of esters is 1. The molecular weight excluding hydrogens is 632 g/mol. The number of carbonyl (C=O) groups is 7. The fraction of sp³-hybridized carbons (Fsp3) is 0.629. The number of benzene rings is 1. The van der Waals surface area contributed by atoms with Gasteiger partial charge in [0, 0.05) is 37.5 Å². The lowest BCUT2D eigenvalue weighted by atomic mass is 9.94. The zero-order valence-electron chi connectivity index (χ0n) is 29.6. The van der Waals surface area contributed by atoms with Crippen LogP contribution < -0.4 is 27.0 Å². The van der Waals surface area contributed by atoms with Crippen LogP contribution in [0.4, 0.5) is 10.5 Å². The summed E-state index contributed by atoms with van der Waals surface area (Å²) in [5.41, 5.74) is 6.35. The Bertz CT molecular complexity index is 1310. The van der Waals surface area contributed by atoms with Crippen LogP contribution in [0.1, 0.15) is 92.1 Å². The Hall–Kier alpha value is -4.49. The van der Waals surface area contributed by atoms with Gasteiger partial charge in [0.25, 0.3) is 0 Å². The summed E-state index contributed by atoms with van der Waals surface area (Å²) < 4.78 is 5.23. The molecule has 0 saturated carbocycles. The van der Waals surface area contributed by atoms with Crippen molar-refractivity contribution in [2.75, 3.05) is 18.4 Å². The lowest BCUT2D eigenvalue weighted by molar-refractivity contribution is -0.148. The van der Waals surface area contributed by atoms with Gasteiger partial charge >= 0.3 is 12.0 Å². The van der Waals surface area contributed by atoms with Crippen molar-refractivity contribution in [2.45, 2.75) is 105 Å². The predicted molar refractivity (Wildman–Crippen MR) is 183 cm³/mol. The van der Waals surface area contributed by atoms with Crippen LogP contribution >= 0.6 is 0 Å². The van der Waals surface area contributed by atoms with Crippen molar-refractivity contribution in [1.29, 1.82) is 0 Å². The molecule has 3 atom stereocenters. The number of rotatable bonds is 20. The quantitative estimate of drug-likeness (QED) is 0.0781. The van der Waals surface area contributed by atoms with Crippen molar-refractivity contribution in [2.24, 2.45) is 29.4 Å². The van der Waals surface area contributed by atoms with Gasteiger partial charge in [-0.3, -0.25) is 33.7 Å². The summed E-state index contributed by atoms with van der Waals surface area (Å²) in [6, 6.07) is 4.14. The lowest BCUT2D eigenvalue weighted by Gasteiger charge is -2.25. The van der Waals surface area contributed by atoms with Gasteiger partial charge in [0.15, 0.2) is 0 Å². The van der Waals surface area contributed by atoms with E-state index in [9.17, 15) is 33.6 Å². The maximum absolute atomic E-state index is 13.4. The number of hydrogen-bond acceptors (Lipinski definition) is 8. The molecule has 1 aliphatic rings. The van der Waals surface area contributed by atoms with Gasteiger partial charge in [-0.2, -0.15) is 0 Å². The van der Waals surface area contributed by atoms with E-state index in [1.807, 2.05) is 13.8 Å². The second kappa shape index (κ2) is 20.1. The normalized spacial score (nSPS) is 15.7. The molecule has 1 saturated heterocycles. The minimum atomic E-state index is -0.988. The second-order valence-electron chi connectivity index (χ2n) is 13.5. The van der Waals surface area contributed by atoms with Crippen molar-refractivity contribution >= 4 is 47.2 Å². The highest BCUT2D eigenvalue weighted by atomic mass is 16.5. The molecule has 0 spiro atoms. The highest BCUT2D eigenvalue weighted by molar-refractivity contribution is 6.03. The molecular formula is C35H54N6O8. The molecule has 1 aromatic carbocycles. The summed E-state index contributed by atoms with van der Waals surface area (Å²) in [6.07, 6.45) is 2.64. The number of amides is 7. The third-order valence-corrected chi connectivity index (χ3v) is 8.31. The Morgan fingerprint density at radius 2 is 1.57 bits per heavy atom. The van der Waals surface area contributed by atoms with Gasteiger partial charge in [-0.25, -0.2) is 4.79 Å². The number of nitrogens with one attached hydrogen (secondary N) is 4. The number of likely N-dealkylation sites (tertiary alicyclic amines) is 1. The smallest absolute Gasteiger partial charge is 0.312 e. The molecule has 1 fully saturated rings. The molecule has 14 nitrogen and oxygen atoms in total. The van der Waals surface area contributed by atoms with Gasteiger partial charge in [0.05, 0.1) is 5.92 Å². The van der Waals surface area contributed by atoms with E-state index in [1.165, 1.54) is 4.90 Å². The molecule has 272 valence electrons. The average Bonchev–Trinajstić information content (AvgIpc) is 3.32. The minimum Gasteiger partial charge on any atom is -0.461 e. The Morgan fingerprint density at radius 1 is 0.898 bits per heavy atom. The van der Waals surface area contributed by atoms with Gasteiger partial charge in [-0.1, -0.05) is 60.1 Å². The van der Waals surface area contributed by atoms with Crippen molar-refractivity contribution in [1.82, 2.24) is 20.9 Å². The number of unbranched alkanes of at least 4 members (excludes halogenated alkanes) is 2. The van der Waals surface area contributed by atoms with Gasteiger partial charge < -0.3 is 31.7 Å². The van der Waals surface area contributed by atoms with Gasteiger partial charge in [0.2, 0.25) is 29.5 Å². The first kappa shape index (κ1) is 40.7. The van der Waals surface area contributed by atoms with Gasteiger partial charge in [-0.15, -0.1) is 0 Å². The maximum atomic E-state index is 13.4. The highest BCUT2D eigenvalue weighted by Crippen LogP contribution is 2.26. The Morgan fingerprint density at radius 3 is 2.14 bits per heavy atom. The first-order valence-corrected chi connectivity index (χ1v) is 17.1. The van der Waals surface area contributed by atoms with Crippen molar-refractivity contribution in [3.8, 4) is 0 Å². The van der Waals surface area contributed by atoms with Crippen molar-refractivity contribution in [3.05, 3.63) is 29.8 Å². The van der Waals surface area contributed by atoms with E-state index >= 15 is 0 Å². The Kier molecular flexibility index (Phi) is 16.7. The Labute approximate surface area is 289 Å². The third-order valence-electron chi connectivity index (χ3n) is 8.31. The fourth-order valence-corrected chi connectivity index (χ4v) is 5.26. The summed E-state index contributed by atoms with van der Waals surface area (Å²) in [4.78, 5) is 88.5. The minimum absolute atomic E-state index is 0.0958. The number of carbonyl (C=O) groups excluding carboxylic acids is 7.